The molecule has 1 amide bonds. The molecule has 1 aliphatic heterocycles. The lowest BCUT2D eigenvalue weighted by Gasteiger charge is -2.11. The fourth-order valence-corrected chi connectivity index (χ4v) is 3.14. The molecule has 0 aliphatic carbocycles. The number of hydrogen-bond donors (Lipinski definition) is 1. The molecule has 1 N–H and O–H groups in total. The smallest absolute Gasteiger partial charge is 0.263 e. The number of carbonyl (C=O) groups excluding carboxylic acids is 1. The van der Waals surface area contributed by atoms with Crippen molar-refractivity contribution in [2.45, 2.75) is 26.9 Å². The number of amides is 1. The molecule has 144 valence electrons. The van der Waals surface area contributed by atoms with Gasteiger partial charge in [-0.05, 0) is 55.3 Å². The molecule has 0 unspecified atom stereocenters. The molecule has 0 saturated heterocycles. The molecule has 0 atom stereocenters. The highest BCUT2D eigenvalue weighted by Gasteiger charge is 2.17. The van der Waals surface area contributed by atoms with Crippen LogP contribution in [-0.4, -0.2) is 17.3 Å². The summed E-state index contributed by atoms with van der Waals surface area (Å²) in [5.41, 5.74) is 1.30. The highest BCUT2D eigenvalue weighted by atomic mass is 16.7. The van der Waals surface area contributed by atoms with E-state index in [1.165, 1.54) is 4.57 Å². The number of benzene rings is 1. The zero-order valence-electron chi connectivity index (χ0n) is 15.7. The number of rotatable bonds is 5. The Bertz CT molecular complexity index is 1100. The van der Waals surface area contributed by atoms with Crippen LogP contribution in [-0.2, 0) is 13.1 Å². The van der Waals surface area contributed by atoms with E-state index in [0.29, 0.717) is 29.4 Å². The third-order valence-electron chi connectivity index (χ3n) is 4.61. The summed E-state index contributed by atoms with van der Waals surface area (Å²) < 4.78 is 17.6. The van der Waals surface area contributed by atoms with Crippen molar-refractivity contribution >= 4 is 5.91 Å². The standard InChI is InChI=1S/C21H20N2O5/c1-13-7-8-23(11-15-4-6-17-18(9-15)27-12-26-17)21(25)19(13)20(24)22-10-16-5-3-14(2)28-16/h3-9H,10-12H2,1-2H3,(H,22,24). The second-order valence-electron chi connectivity index (χ2n) is 6.69. The van der Waals surface area contributed by atoms with Crippen molar-refractivity contribution in [1.82, 2.24) is 9.88 Å². The highest BCUT2D eigenvalue weighted by molar-refractivity contribution is 5.95. The Balaban J connectivity index is 1.55. The number of fused-ring (bicyclic) bond motifs is 1. The number of ether oxygens (including phenoxy) is 2. The minimum Gasteiger partial charge on any atom is -0.465 e. The molecule has 1 aliphatic rings. The molecular weight excluding hydrogens is 360 g/mol. The molecular formula is C21H20N2O5. The second-order valence-corrected chi connectivity index (χ2v) is 6.69. The number of furan rings is 1. The second kappa shape index (κ2) is 7.26. The summed E-state index contributed by atoms with van der Waals surface area (Å²) in [6.07, 6.45) is 1.69. The fraction of sp³-hybridized carbons (Fsp3) is 0.238. The monoisotopic (exact) mass is 380 g/mol. The predicted octanol–water partition coefficient (Wildman–Crippen LogP) is 2.77. The topological polar surface area (TPSA) is 82.7 Å². The zero-order valence-corrected chi connectivity index (χ0v) is 15.7. The zero-order chi connectivity index (χ0) is 19.7. The van der Waals surface area contributed by atoms with Crippen molar-refractivity contribution in [1.29, 1.82) is 0 Å². The van der Waals surface area contributed by atoms with Gasteiger partial charge in [0.1, 0.15) is 17.1 Å². The van der Waals surface area contributed by atoms with Gasteiger partial charge in [0.15, 0.2) is 11.5 Å². The molecule has 7 nitrogen and oxygen atoms in total. The van der Waals surface area contributed by atoms with Crippen LogP contribution in [0.1, 0.15) is 33.0 Å². The quantitative estimate of drug-likeness (QED) is 0.736. The summed E-state index contributed by atoms with van der Waals surface area (Å²) in [7, 11) is 0. The van der Waals surface area contributed by atoms with Gasteiger partial charge in [-0.3, -0.25) is 9.59 Å². The van der Waals surface area contributed by atoms with Crippen molar-refractivity contribution in [3.63, 3.8) is 0 Å². The molecule has 3 aromatic rings. The number of aryl methyl sites for hydroxylation is 2. The van der Waals surface area contributed by atoms with E-state index in [4.69, 9.17) is 13.9 Å². The van der Waals surface area contributed by atoms with Gasteiger partial charge >= 0.3 is 0 Å². The van der Waals surface area contributed by atoms with Crippen molar-refractivity contribution in [3.8, 4) is 11.5 Å². The normalized spacial score (nSPS) is 12.2. The number of carbonyl (C=O) groups is 1. The Morgan fingerprint density at radius 1 is 1.11 bits per heavy atom. The molecule has 0 radical (unpaired) electrons. The summed E-state index contributed by atoms with van der Waals surface area (Å²) in [6.45, 7) is 4.33. The van der Waals surface area contributed by atoms with Crippen molar-refractivity contribution in [2.24, 2.45) is 0 Å². The Labute approximate surface area is 161 Å². The van der Waals surface area contributed by atoms with E-state index in [1.807, 2.05) is 31.2 Å². The van der Waals surface area contributed by atoms with Gasteiger partial charge in [-0.15, -0.1) is 0 Å². The summed E-state index contributed by atoms with van der Waals surface area (Å²) >= 11 is 0. The van der Waals surface area contributed by atoms with E-state index in [2.05, 4.69) is 5.32 Å². The maximum Gasteiger partial charge on any atom is 0.263 e. The molecule has 2 aromatic heterocycles. The molecule has 4 rings (SSSR count). The van der Waals surface area contributed by atoms with Crippen LogP contribution in [0.5, 0.6) is 11.5 Å². The SMILES string of the molecule is Cc1ccc(CNC(=O)c2c(C)ccn(Cc3ccc4c(c3)OCO4)c2=O)o1. The summed E-state index contributed by atoms with van der Waals surface area (Å²) in [4.78, 5) is 25.5. The van der Waals surface area contributed by atoms with E-state index in [-0.39, 0.29) is 24.5 Å². The van der Waals surface area contributed by atoms with Crippen LogP contribution in [0.3, 0.4) is 0 Å². The first-order valence-corrected chi connectivity index (χ1v) is 8.93. The van der Waals surface area contributed by atoms with Gasteiger partial charge in [-0.2, -0.15) is 0 Å². The lowest BCUT2D eigenvalue weighted by atomic mass is 10.1. The minimum absolute atomic E-state index is 0.131. The summed E-state index contributed by atoms with van der Waals surface area (Å²) in [6, 6.07) is 10.9. The molecule has 0 fully saturated rings. The molecule has 7 heteroatoms. The number of hydrogen-bond acceptors (Lipinski definition) is 5. The van der Waals surface area contributed by atoms with Crippen LogP contribution in [0, 0.1) is 13.8 Å². The van der Waals surface area contributed by atoms with Crippen LogP contribution >= 0.6 is 0 Å². The van der Waals surface area contributed by atoms with Gasteiger partial charge in [0.25, 0.3) is 11.5 Å². The third kappa shape index (κ3) is 3.51. The first kappa shape index (κ1) is 17.9. The van der Waals surface area contributed by atoms with Gasteiger partial charge in [0.05, 0.1) is 13.1 Å². The minimum atomic E-state index is -0.420. The summed E-state index contributed by atoms with van der Waals surface area (Å²) in [5, 5.41) is 2.75. The first-order valence-electron chi connectivity index (χ1n) is 8.93. The lowest BCUT2D eigenvalue weighted by molar-refractivity contribution is 0.0945. The Morgan fingerprint density at radius 3 is 2.71 bits per heavy atom. The Kier molecular flexibility index (Phi) is 4.65. The molecule has 0 bridgehead atoms. The largest absolute Gasteiger partial charge is 0.465 e. The number of aromatic nitrogens is 1. The molecule has 0 spiro atoms. The van der Waals surface area contributed by atoms with Gasteiger partial charge in [0.2, 0.25) is 6.79 Å². The Hall–Kier alpha value is -3.48. The van der Waals surface area contributed by atoms with E-state index in [9.17, 15) is 9.59 Å². The van der Waals surface area contributed by atoms with E-state index < -0.39 is 5.91 Å². The number of nitrogens with zero attached hydrogens (tertiary/aromatic N) is 1. The average Bonchev–Trinajstić information content (AvgIpc) is 3.30. The van der Waals surface area contributed by atoms with Crippen LogP contribution in [0.15, 0.2) is 51.8 Å². The lowest BCUT2D eigenvalue weighted by Crippen LogP contribution is -2.33. The van der Waals surface area contributed by atoms with E-state index >= 15 is 0 Å². The predicted molar refractivity (Wildman–Crippen MR) is 102 cm³/mol. The van der Waals surface area contributed by atoms with Crippen LogP contribution in [0.2, 0.25) is 0 Å². The van der Waals surface area contributed by atoms with Crippen molar-refractivity contribution in [3.05, 3.63) is 81.2 Å². The Morgan fingerprint density at radius 2 is 1.93 bits per heavy atom. The van der Waals surface area contributed by atoms with Gasteiger partial charge in [-0.1, -0.05) is 6.07 Å². The average molecular weight is 380 g/mol. The van der Waals surface area contributed by atoms with Crippen molar-refractivity contribution < 1.29 is 18.7 Å². The molecule has 28 heavy (non-hydrogen) atoms. The van der Waals surface area contributed by atoms with Crippen LogP contribution in [0.25, 0.3) is 0 Å². The van der Waals surface area contributed by atoms with Gasteiger partial charge in [-0.25, -0.2) is 0 Å². The summed E-state index contributed by atoms with van der Waals surface area (Å²) in [5.74, 6) is 2.33. The first-order chi connectivity index (χ1) is 13.5. The van der Waals surface area contributed by atoms with Crippen LogP contribution in [0.4, 0.5) is 0 Å². The van der Waals surface area contributed by atoms with Crippen LogP contribution < -0.4 is 20.3 Å². The highest BCUT2D eigenvalue weighted by Crippen LogP contribution is 2.32. The van der Waals surface area contributed by atoms with E-state index in [1.54, 1.807) is 25.3 Å². The molecule has 1 aromatic carbocycles. The number of pyridine rings is 1. The maximum absolute atomic E-state index is 12.9. The number of nitrogens with one attached hydrogen (secondary N) is 1. The maximum atomic E-state index is 12.9. The van der Waals surface area contributed by atoms with E-state index in [0.717, 1.165) is 11.3 Å². The van der Waals surface area contributed by atoms with Gasteiger partial charge < -0.3 is 23.8 Å². The molecule has 3 heterocycles. The molecule has 0 saturated carbocycles. The third-order valence-corrected chi connectivity index (χ3v) is 4.61. The van der Waals surface area contributed by atoms with Crippen molar-refractivity contribution in [2.75, 3.05) is 6.79 Å². The fourth-order valence-electron chi connectivity index (χ4n) is 3.14. The van der Waals surface area contributed by atoms with Gasteiger partial charge in [0, 0.05) is 6.20 Å².